The molecule has 3 unspecified atom stereocenters. The number of carbonyl (C=O) groups is 1. The van der Waals surface area contributed by atoms with Gasteiger partial charge in [0, 0.05) is 31.0 Å². The Labute approximate surface area is 191 Å². The number of unbranched alkanes of at least 4 members (excludes halogenated alkanes) is 1. The molecule has 7 nitrogen and oxygen atoms in total. The van der Waals surface area contributed by atoms with Gasteiger partial charge in [-0.1, -0.05) is 13.3 Å². The highest BCUT2D eigenvalue weighted by Crippen LogP contribution is 2.48. The quantitative estimate of drug-likeness (QED) is 0.546. The summed E-state index contributed by atoms with van der Waals surface area (Å²) in [6.07, 6.45) is 5.55. The molecular formula is C24H28F2N6O. The molecule has 4 heterocycles. The molecule has 2 saturated heterocycles. The van der Waals surface area contributed by atoms with Crippen LogP contribution in [0.25, 0.3) is 5.65 Å². The maximum atomic E-state index is 14.7. The summed E-state index contributed by atoms with van der Waals surface area (Å²) in [6, 6.07) is 7.38. The summed E-state index contributed by atoms with van der Waals surface area (Å²) < 4.78 is 30.4. The number of carbonyl (C=O) groups excluding carboxylic acids is 1. The Hall–Kier alpha value is -3.07. The lowest BCUT2D eigenvalue weighted by atomic mass is 9.81. The fraction of sp³-hybridized carbons (Fsp3) is 0.458. The van der Waals surface area contributed by atoms with Crippen molar-refractivity contribution >= 4 is 17.5 Å². The van der Waals surface area contributed by atoms with Gasteiger partial charge in [-0.15, -0.1) is 0 Å². The van der Waals surface area contributed by atoms with Crippen molar-refractivity contribution in [2.45, 2.75) is 50.5 Å². The third kappa shape index (κ3) is 4.17. The van der Waals surface area contributed by atoms with Gasteiger partial charge < -0.3 is 5.32 Å². The van der Waals surface area contributed by atoms with Crippen LogP contribution in [0, 0.1) is 11.6 Å². The van der Waals surface area contributed by atoms with Gasteiger partial charge >= 0.3 is 6.03 Å². The first-order chi connectivity index (χ1) is 16.0. The predicted molar refractivity (Wildman–Crippen MR) is 121 cm³/mol. The number of anilines is 1. The molecule has 2 N–H and O–H groups in total. The lowest BCUT2D eigenvalue weighted by molar-refractivity contribution is 0.252. The Morgan fingerprint density at radius 1 is 1.24 bits per heavy atom. The van der Waals surface area contributed by atoms with Crippen molar-refractivity contribution in [2.75, 3.05) is 25.0 Å². The van der Waals surface area contributed by atoms with E-state index in [2.05, 4.69) is 27.4 Å². The zero-order valence-electron chi connectivity index (χ0n) is 18.6. The van der Waals surface area contributed by atoms with Gasteiger partial charge in [0.1, 0.15) is 11.6 Å². The number of aromatic nitrogens is 3. The molecule has 3 aromatic rings. The summed E-state index contributed by atoms with van der Waals surface area (Å²) in [4.78, 5) is 19.0. The van der Waals surface area contributed by atoms with Crippen LogP contribution in [0.3, 0.4) is 0 Å². The van der Waals surface area contributed by atoms with Crippen LogP contribution in [-0.4, -0.2) is 51.2 Å². The minimum Gasteiger partial charge on any atom is -0.338 e. The van der Waals surface area contributed by atoms with Gasteiger partial charge in [0.25, 0.3) is 0 Å². The van der Waals surface area contributed by atoms with Crippen molar-refractivity contribution in [3.63, 3.8) is 0 Å². The highest BCUT2D eigenvalue weighted by Gasteiger charge is 2.46. The number of halogens is 2. The summed E-state index contributed by atoms with van der Waals surface area (Å²) >= 11 is 0. The van der Waals surface area contributed by atoms with Crippen LogP contribution in [0.4, 0.5) is 19.4 Å². The molecule has 0 radical (unpaired) electrons. The molecule has 2 aliphatic rings. The second-order valence-corrected chi connectivity index (χ2v) is 8.91. The standard InChI is InChI=1S/C24H28F2N6O/c1-2-3-10-27-24(33)29-22-13-28-21-9-8-19(30-32(21)22)23-17(14-31-11-4-5-20(23)31)16-12-15(25)6-7-18(16)26/h6-9,12-13,17,20,23H,2-5,10-11,14H2,1H3,(H2,27,29,33). The molecule has 0 saturated carbocycles. The molecule has 2 aliphatic heterocycles. The Bertz CT molecular complexity index is 1170. The van der Waals surface area contributed by atoms with Crippen LogP contribution >= 0.6 is 0 Å². The van der Waals surface area contributed by atoms with Gasteiger partial charge in [-0.25, -0.2) is 18.6 Å². The van der Waals surface area contributed by atoms with E-state index < -0.39 is 5.82 Å². The SMILES string of the molecule is CCCCNC(=O)Nc1cnc2ccc(C3C(c4cc(F)ccc4F)CN4CCCC34)nn12. The molecule has 2 fully saturated rings. The molecule has 0 aliphatic carbocycles. The lowest BCUT2D eigenvalue weighted by Crippen LogP contribution is -2.30. The van der Waals surface area contributed by atoms with Gasteiger partial charge in [-0.05, 0) is 61.7 Å². The van der Waals surface area contributed by atoms with E-state index in [4.69, 9.17) is 5.10 Å². The molecule has 174 valence electrons. The topological polar surface area (TPSA) is 74.6 Å². The van der Waals surface area contributed by atoms with E-state index in [0.717, 1.165) is 44.0 Å². The van der Waals surface area contributed by atoms with Gasteiger partial charge in [-0.3, -0.25) is 10.2 Å². The minimum atomic E-state index is -0.434. The number of rotatable bonds is 6. The van der Waals surface area contributed by atoms with Crippen molar-refractivity contribution in [3.05, 3.63) is 59.4 Å². The number of nitrogens with one attached hydrogen (secondary N) is 2. The van der Waals surface area contributed by atoms with Crippen molar-refractivity contribution in [2.24, 2.45) is 0 Å². The molecule has 33 heavy (non-hydrogen) atoms. The number of benzene rings is 1. The average molecular weight is 455 g/mol. The van der Waals surface area contributed by atoms with Crippen LogP contribution in [0.15, 0.2) is 36.5 Å². The number of amides is 2. The van der Waals surface area contributed by atoms with Gasteiger partial charge in [0.2, 0.25) is 0 Å². The van der Waals surface area contributed by atoms with E-state index in [1.54, 1.807) is 10.7 Å². The highest BCUT2D eigenvalue weighted by molar-refractivity contribution is 5.88. The Morgan fingerprint density at radius 3 is 2.97 bits per heavy atom. The van der Waals surface area contributed by atoms with Crippen molar-refractivity contribution in [3.8, 4) is 0 Å². The summed E-state index contributed by atoms with van der Waals surface area (Å²) in [5.74, 6) is -0.635. The Morgan fingerprint density at radius 2 is 2.12 bits per heavy atom. The zero-order valence-corrected chi connectivity index (χ0v) is 18.6. The number of hydrogen-bond acceptors (Lipinski definition) is 4. The number of hydrogen-bond donors (Lipinski definition) is 2. The molecule has 0 bridgehead atoms. The van der Waals surface area contributed by atoms with Crippen LogP contribution in [-0.2, 0) is 0 Å². The number of urea groups is 1. The number of fused-ring (bicyclic) bond motifs is 2. The maximum Gasteiger partial charge on any atom is 0.320 e. The summed E-state index contributed by atoms with van der Waals surface area (Å²) in [5, 5.41) is 10.5. The number of nitrogens with zero attached hydrogens (tertiary/aromatic N) is 4. The first kappa shape index (κ1) is 21.8. The lowest BCUT2D eigenvalue weighted by Gasteiger charge is -2.23. The second-order valence-electron chi connectivity index (χ2n) is 8.91. The average Bonchev–Trinajstić information content (AvgIpc) is 3.50. The fourth-order valence-electron chi connectivity index (χ4n) is 5.30. The van der Waals surface area contributed by atoms with E-state index >= 15 is 0 Å². The van der Waals surface area contributed by atoms with Crippen molar-refractivity contribution < 1.29 is 13.6 Å². The molecule has 1 aromatic carbocycles. The van der Waals surface area contributed by atoms with Crippen LogP contribution in [0.5, 0.6) is 0 Å². The second kappa shape index (κ2) is 9.05. The molecule has 3 atom stereocenters. The molecule has 2 amide bonds. The smallest absolute Gasteiger partial charge is 0.320 e. The van der Waals surface area contributed by atoms with Crippen molar-refractivity contribution in [1.29, 1.82) is 0 Å². The van der Waals surface area contributed by atoms with E-state index in [1.165, 1.54) is 12.1 Å². The predicted octanol–water partition coefficient (Wildman–Crippen LogP) is 4.27. The van der Waals surface area contributed by atoms with Crippen molar-refractivity contribution in [1.82, 2.24) is 24.8 Å². The first-order valence-corrected chi connectivity index (χ1v) is 11.6. The Kier molecular flexibility index (Phi) is 5.97. The summed E-state index contributed by atoms with van der Waals surface area (Å²) in [7, 11) is 0. The summed E-state index contributed by atoms with van der Waals surface area (Å²) in [6.45, 7) is 4.28. The minimum absolute atomic E-state index is 0.0816. The number of imidazole rings is 1. The zero-order chi connectivity index (χ0) is 22.9. The molecule has 9 heteroatoms. The molecule has 5 rings (SSSR count). The third-order valence-electron chi connectivity index (χ3n) is 6.83. The first-order valence-electron chi connectivity index (χ1n) is 11.6. The Balaban J connectivity index is 1.48. The van der Waals surface area contributed by atoms with E-state index in [-0.39, 0.29) is 29.7 Å². The monoisotopic (exact) mass is 454 g/mol. The van der Waals surface area contributed by atoms with E-state index in [9.17, 15) is 13.6 Å². The largest absolute Gasteiger partial charge is 0.338 e. The van der Waals surface area contributed by atoms with Crippen LogP contribution < -0.4 is 10.6 Å². The van der Waals surface area contributed by atoms with Crippen LogP contribution in [0.2, 0.25) is 0 Å². The normalized spacial score (nSPS) is 22.6. The van der Waals surface area contributed by atoms with Gasteiger partial charge in [0.05, 0.1) is 11.9 Å². The maximum absolute atomic E-state index is 14.7. The van der Waals surface area contributed by atoms with E-state index in [0.29, 0.717) is 30.1 Å². The molecule has 0 spiro atoms. The van der Waals surface area contributed by atoms with Gasteiger partial charge in [-0.2, -0.15) is 9.61 Å². The highest BCUT2D eigenvalue weighted by atomic mass is 19.1. The van der Waals surface area contributed by atoms with Crippen LogP contribution in [0.1, 0.15) is 55.7 Å². The molecular weight excluding hydrogens is 426 g/mol. The fourth-order valence-corrected chi connectivity index (χ4v) is 5.30. The third-order valence-corrected chi connectivity index (χ3v) is 6.83. The van der Waals surface area contributed by atoms with Gasteiger partial charge in [0.15, 0.2) is 11.5 Å². The molecule has 2 aromatic heterocycles. The van der Waals surface area contributed by atoms with E-state index in [1.807, 2.05) is 12.1 Å². The summed E-state index contributed by atoms with van der Waals surface area (Å²) in [5.41, 5.74) is 1.80.